The quantitative estimate of drug-likeness (QED) is 0.677. The van der Waals surface area contributed by atoms with Gasteiger partial charge in [-0.05, 0) is 17.7 Å². The van der Waals surface area contributed by atoms with Crippen LogP contribution in [0.15, 0.2) is 36.4 Å². The summed E-state index contributed by atoms with van der Waals surface area (Å²) in [4.78, 5) is 16.5. The maximum atomic E-state index is 12.9. The summed E-state index contributed by atoms with van der Waals surface area (Å²) in [6.45, 7) is 0.470. The molecule has 1 heterocycles. The van der Waals surface area contributed by atoms with Crippen LogP contribution in [0.5, 0.6) is 0 Å². The van der Waals surface area contributed by atoms with Gasteiger partial charge in [-0.15, -0.1) is 0 Å². The van der Waals surface area contributed by atoms with Gasteiger partial charge < -0.3 is 10.2 Å². The number of pyridine rings is 1. The summed E-state index contributed by atoms with van der Waals surface area (Å²) >= 11 is 0. The molecule has 1 aromatic heterocycles. The molecule has 0 atom stereocenters. The van der Waals surface area contributed by atoms with Crippen LogP contribution in [0.1, 0.15) is 5.56 Å². The van der Waals surface area contributed by atoms with E-state index in [4.69, 9.17) is 0 Å². The maximum Gasteiger partial charge on any atom is 0.276 e. The van der Waals surface area contributed by atoms with Crippen LogP contribution in [0.4, 0.5) is 21.7 Å². The van der Waals surface area contributed by atoms with Gasteiger partial charge in [0.15, 0.2) is 0 Å². The van der Waals surface area contributed by atoms with Crippen molar-refractivity contribution in [3.63, 3.8) is 0 Å². The van der Waals surface area contributed by atoms with Crippen molar-refractivity contribution in [3.8, 4) is 0 Å². The van der Waals surface area contributed by atoms with Crippen LogP contribution >= 0.6 is 0 Å². The van der Waals surface area contributed by atoms with Crippen LogP contribution < -0.4 is 10.2 Å². The van der Waals surface area contributed by atoms with Crippen molar-refractivity contribution in [3.05, 3.63) is 57.9 Å². The molecule has 0 radical (unpaired) electrons. The maximum absolute atomic E-state index is 12.9. The van der Waals surface area contributed by atoms with Crippen molar-refractivity contribution >= 4 is 17.3 Å². The molecule has 21 heavy (non-hydrogen) atoms. The summed E-state index contributed by atoms with van der Waals surface area (Å²) in [5.41, 5.74) is 0.855. The zero-order chi connectivity index (χ0) is 15.4. The number of anilines is 2. The molecule has 0 aliphatic rings. The topological polar surface area (TPSA) is 71.3 Å². The SMILES string of the molecule is CNc1cc([N+](=O)[O-])cc(N(C)Cc2ccc(F)cc2)n1. The largest absolute Gasteiger partial charge is 0.373 e. The highest BCUT2D eigenvalue weighted by molar-refractivity contribution is 5.55. The third kappa shape index (κ3) is 3.65. The van der Waals surface area contributed by atoms with E-state index >= 15 is 0 Å². The van der Waals surface area contributed by atoms with Gasteiger partial charge in [-0.3, -0.25) is 10.1 Å². The Kier molecular flexibility index (Phi) is 4.32. The number of rotatable bonds is 5. The van der Waals surface area contributed by atoms with E-state index in [0.717, 1.165) is 5.56 Å². The van der Waals surface area contributed by atoms with E-state index in [1.165, 1.54) is 24.3 Å². The lowest BCUT2D eigenvalue weighted by molar-refractivity contribution is -0.384. The summed E-state index contributed by atoms with van der Waals surface area (Å²) in [6, 6.07) is 8.87. The molecule has 1 aromatic carbocycles. The van der Waals surface area contributed by atoms with Gasteiger partial charge in [-0.1, -0.05) is 12.1 Å². The Morgan fingerprint density at radius 1 is 1.33 bits per heavy atom. The fourth-order valence-corrected chi connectivity index (χ4v) is 1.88. The van der Waals surface area contributed by atoms with Crippen molar-refractivity contribution in [1.82, 2.24) is 4.98 Å². The number of hydrogen-bond donors (Lipinski definition) is 1. The molecule has 7 heteroatoms. The average Bonchev–Trinajstić information content (AvgIpc) is 2.49. The van der Waals surface area contributed by atoms with Gasteiger partial charge in [-0.25, -0.2) is 9.37 Å². The van der Waals surface area contributed by atoms with Gasteiger partial charge in [-0.2, -0.15) is 0 Å². The molecular formula is C14H15FN4O2. The minimum atomic E-state index is -0.461. The van der Waals surface area contributed by atoms with Crippen molar-refractivity contribution in [2.45, 2.75) is 6.54 Å². The van der Waals surface area contributed by atoms with Crippen molar-refractivity contribution in [2.75, 3.05) is 24.3 Å². The van der Waals surface area contributed by atoms with E-state index < -0.39 is 4.92 Å². The molecular weight excluding hydrogens is 275 g/mol. The number of nitrogens with zero attached hydrogens (tertiary/aromatic N) is 3. The van der Waals surface area contributed by atoms with Crippen molar-refractivity contribution in [1.29, 1.82) is 0 Å². The first-order valence-electron chi connectivity index (χ1n) is 6.29. The van der Waals surface area contributed by atoms with Gasteiger partial charge in [0.05, 0.1) is 17.1 Å². The van der Waals surface area contributed by atoms with Crippen LogP contribution in [0, 0.1) is 15.9 Å². The number of benzene rings is 1. The lowest BCUT2D eigenvalue weighted by atomic mass is 10.2. The Labute approximate surface area is 121 Å². The Bertz CT molecular complexity index is 646. The predicted molar refractivity (Wildman–Crippen MR) is 78.9 cm³/mol. The smallest absolute Gasteiger partial charge is 0.276 e. The second-order valence-corrected chi connectivity index (χ2v) is 4.56. The normalized spacial score (nSPS) is 10.2. The van der Waals surface area contributed by atoms with Crippen LogP contribution in [-0.4, -0.2) is 24.0 Å². The first-order valence-corrected chi connectivity index (χ1v) is 6.29. The zero-order valence-electron chi connectivity index (χ0n) is 11.7. The summed E-state index contributed by atoms with van der Waals surface area (Å²) in [6.07, 6.45) is 0. The molecule has 2 rings (SSSR count). The van der Waals surface area contributed by atoms with Crippen LogP contribution in [-0.2, 0) is 6.54 Å². The molecule has 0 spiro atoms. The molecule has 0 unspecified atom stereocenters. The molecule has 0 saturated heterocycles. The minimum Gasteiger partial charge on any atom is -0.373 e. The zero-order valence-corrected chi connectivity index (χ0v) is 11.7. The third-order valence-electron chi connectivity index (χ3n) is 2.99. The Balaban J connectivity index is 2.25. The third-order valence-corrected chi connectivity index (χ3v) is 2.99. The van der Waals surface area contributed by atoms with Gasteiger partial charge >= 0.3 is 0 Å². The highest BCUT2D eigenvalue weighted by atomic mass is 19.1. The lowest BCUT2D eigenvalue weighted by Crippen LogP contribution is -2.18. The highest BCUT2D eigenvalue weighted by Gasteiger charge is 2.13. The van der Waals surface area contributed by atoms with Crippen molar-refractivity contribution in [2.24, 2.45) is 0 Å². The monoisotopic (exact) mass is 290 g/mol. The standard InChI is InChI=1S/C14H15FN4O2/c1-16-13-7-12(19(20)21)8-14(17-13)18(2)9-10-3-5-11(15)6-4-10/h3-8H,9H2,1-2H3,(H,16,17). The van der Waals surface area contributed by atoms with Crippen LogP contribution in [0.2, 0.25) is 0 Å². The highest BCUT2D eigenvalue weighted by Crippen LogP contribution is 2.23. The molecule has 0 aliphatic carbocycles. The lowest BCUT2D eigenvalue weighted by Gasteiger charge is -2.18. The van der Waals surface area contributed by atoms with E-state index in [0.29, 0.717) is 18.2 Å². The van der Waals surface area contributed by atoms with E-state index in [-0.39, 0.29) is 11.5 Å². The fourth-order valence-electron chi connectivity index (χ4n) is 1.88. The Morgan fingerprint density at radius 3 is 2.57 bits per heavy atom. The molecule has 6 nitrogen and oxygen atoms in total. The number of halogens is 1. The molecule has 0 fully saturated rings. The van der Waals surface area contributed by atoms with E-state index in [9.17, 15) is 14.5 Å². The van der Waals surface area contributed by atoms with Gasteiger partial charge in [0, 0.05) is 20.6 Å². The summed E-state index contributed by atoms with van der Waals surface area (Å²) in [5, 5.41) is 13.7. The van der Waals surface area contributed by atoms with Gasteiger partial charge in [0.2, 0.25) is 0 Å². The Hall–Kier alpha value is -2.70. The molecule has 1 N–H and O–H groups in total. The number of nitro groups is 1. The molecule has 110 valence electrons. The van der Waals surface area contributed by atoms with Gasteiger partial charge in [0.25, 0.3) is 5.69 Å². The predicted octanol–water partition coefficient (Wildman–Crippen LogP) is 2.81. The van der Waals surface area contributed by atoms with Crippen LogP contribution in [0.25, 0.3) is 0 Å². The van der Waals surface area contributed by atoms with Crippen LogP contribution in [0.3, 0.4) is 0 Å². The molecule has 2 aromatic rings. The number of hydrogen-bond acceptors (Lipinski definition) is 5. The van der Waals surface area contributed by atoms with E-state index in [2.05, 4.69) is 10.3 Å². The Morgan fingerprint density at radius 2 is 2.00 bits per heavy atom. The average molecular weight is 290 g/mol. The number of aromatic nitrogens is 1. The molecule has 0 amide bonds. The minimum absolute atomic E-state index is 0.0321. The summed E-state index contributed by atoms with van der Waals surface area (Å²) in [5.74, 6) is 0.593. The fraction of sp³-hybridized carbons (Fsp3) is 0.214. The molecule has 0 saturated carbocycles. The summed E-state index contributed by atoms with van der Waals surface area (Å²) < 4.78 is 12.9. The summed E-state index contributed by atoms with van der Waals surface area (Å²) in [7, 11) is 3.42. The molecule has 0 aliphatic heterocycles. The first kappa shape index (κ1) is 14.7. The van der Waals surface area contributed by atoms with Gasteiger partial charge in [0.1, 0.15) is 17.5 Å². The second-order valence-electron chi connectivity index (χ2n) is 4.56. The van der Waals surface area contributed by atoms with E-state index in [1.807, 2.05) is 0 Å². The second kappa shape index (κ2) is 6.17. The number of nitrogens with one attached hydrogen (secondary N) is 1. The van der Waals surface area contributed by atoms with Crippen molar-refractivity contribution < 1.29 is 9.31 Å². The van der Waals surface area contributed by atoms with E-state index in [1.54, 1.807) is 31.1 Å². The first-order chi connectivity index (χ1) is 9.99. The molecule has 0 bridgehead atoms.